The lowest BCUT2D eigenvalue weighted by atomic mass is 9.97. The number of carbonyl (C=O) groups excluding carboxylic acids is 4. The molecule has 5 atom stereocenters. The highest BCUT2D eigenvalue weighted by Crippen LogP contribution is 2.09. The number of carboxylic acid groups (broad SMARTS) is 1. The number of hydrogen-bond acceptors (Lipinski definition) is 7. The number of aliphatic hydroxyl groups is 1. The zero-order valence-corrected chi connectivity index (χ0v) is 20.9. The van der Waals surface area contributed by atoms with Gasteiger partial charge in [-0.15, -0.1) is 0 Å². The van der Waals surface area contributed by atoms with Crippen molar-refractivity contribution >= 4 is 29.6 Å². The number of aliphatic carboxylic acids is 1. The van der Waals surface area contributed by atoms with E-state index in [0.29, 0.717) is 6.42 Å². The van der Waals surface area contributed by atoms with Crippen LogP contribution in [-0.4, -0.2) is 77.1 Å². The van der Waals surface area contributed by atoms with Gasteiger partial charge in [0.25, 0.3) is 0 Å². The summed E-state index contributed by atoms with van der Waals surface area (Å²) in [6, 6.07) is -4.27. The Morgan fingerprint density at radius 1 is 0.824 bits per heavy atom. The molecule has 0 aliphatic rings. The monoisotopic (exact) mass is 487 g/mol. The fourth-order valence-electron chi connectivity index (χ4n) is 3.01. The molecule has 0 aliphatic heterocycles. The first kappa shape index (κ1) is 31.3. The Hall–Kier alpha value is -2.73. The Morgan fingerprint density at radius 3 is 1.82 bits per heavy atom. The minimum Gasteiger partial charge on any atom is -0.480 e. The molecule has 12 heteroatoms. The fraction of sp³-hybridized carbons (Fsp3) is 0.773. The molecule has 196 valence electrons. The molecule has 0 unspecified atom stereocenters. The lowest BCUT2D eigenvalue weighted by Gasteiger charge is -2.27. The average Bonchev–Trinajstić information content (AvgIpc) is 2.76. The van der Waals surface area contributed by atoms with Gasteiger partial charge in [-0.25, -0.2) is 0 Å². The van der Waals surface area contributed by atoms with Crippen LogP contribution >= 0.6 is 0 Å². The maximum Gasteiger partial charge on any atom is 0.322 e. The van der Waals surface area contributed by atoms with Gasteiger partial charge in [-0.2, -0.15) is 0 Å². The van der Waals surface area contributed by atoms with E-state index in [4.69, 9.17) is 10.8 Å². The molecule has 0 aromatic rings. The van der Waals surface area contributed by atoms with Crippen LogP contribution in [0.2, 0.25) is 0 Å². The number of carbonyl (C=O) groups is 5. The Kier molecular flexibility index (Phi) is 14.0. The highest BCUT2D eigenvalue weighted by molar-refractivity contribution is 5.95. The van der Waals surface area contributed by atoms with Crippen molar-refractivity contribution < 1.29 is 34.2 Å². The van der Waals surface area contributed by atoms with Crippen LogP contribution in [0.15, 0.2) is 0 Å². The van der Waals surface area contributed by atoms with Gasteiger partial charge in [0.15, 0.2) is 0 Å². The zero-order valence-electron chi connectivity index (χ0n) is 20.9. The number of carboxylic acids is 1. The Bertz CT molecular complexity index is 714. The van der Waals surface area contributed by atoms with E-state index in [1.807, 2.05) is 27.7 Å². The Balaban J connectivity index is 5.35. The Labute approximate surface area is 200 Å². The summed E-state index contributed by atoms with van der Waals surface area (Å²) < 4.78 is 0. The van der Waals surface area contributed by atoms with Crippen molar-refractivity contribution in [1.29, 1.82) is 0 Å². The van der Waals surface area contributed by atoms with Crippen molar-refractivity contribution in [3.05, 3.63) is 0 Å². The molecule has 12 nitrogen and oxygen atoms in total. The van der Waals surface area contributed by atoms with Gasteiger partial charge in [0, 0.05) is 0 Å². The van der Waals surface area contributed by atoms with Crippen molar-refractivity contribution in [2.24, 2.45) is 23.5 Å². The summed E-state index contributed by atoms with van der Waals surface area (Å²) in [5.41, 5.74) is 5.94. The molecule has 0 rings (SSSR count). The second-order valence-electron chi connectivity index (χ2n) is 9.19. The first-order valence-corrected chi connectivity index (χ1v) is 11.5. The van der Waals surface area contributed by atoms with Crippen LogP contribution in [0.25, 0.3) is 0 Å². The number of nitrogens with two attached hydrogens (primary N) is 1. The smallest absolute Gasteiger partial charge is 0.322 e. The minimum atomic E-state index is -1.39. The summed E-state index contributed by atoms with van der Waals surface area (Å²) in [4.78, 5) is 61.0. The van der Waals surface area contributed by atoms with E-state index in [2.05, 4.69) is 21.3 Å². The van der Waals surface area contributed by atoms with E-state index in [9.17, 15) is 29.1 Å². The number of hydrogen-bond donors (Lipinski definition) is 7. The lowest BCUT2D eigenvalue weighted by Crippen LogP contribution is -2.60. The molecule has 8 N–H and O–H groups in total. The summed E-state index contributed by atoms with van der Waals surface area (Å²) in [6.07, 6.45) is 0.888. The largest absolute Gasteiger partial charge is 0.480 e. The SMILES string of the molecule is CC[C@H](C)[C@H](N)C(=O)N[C@H](C(=O)N[C@@H](CO)C(=O)N[C@@H](CC(C)C)C(=O)NCC(=O)O)C(C)C. The van der Waals surface area contributed by atoms with Crippen LogP contribution in [0.1, 0.15) is 54.4 Å². The van der Waals surface area contributed by atoms with E-state index in [-0.39, 0.29) is 24.2 Å². The predicted octanol–water partition coefficient (Wildman–Crippen LogP) is -1.29. The van der Waals surface area contributed by atoms with Gasteiger partial charge >= 0.3 is 5.97 Å². The maximum atomic E-state index is 12.8. The summed E-state index contributed by atoms with van der Waals surface area (Å²) in [5.74, 6) is -4.40. The minimum absolute atomic E-state index is 0.0155. The first-order chi connectivity index (χ1) is 15.7. The van der Waals surface area contributed by atoms with Gasteiger partial charge in [0.2, 0.25) is 23.6 Å². The molecule has 0 bridgehead atoms. The number of amides is 4. The predicted molar refractivity (Wildman–Crippen MR) is 125 cm³/mol. The molecule has 0 spiro atoms. The molecule has 0 aromatic carbocycles. The molecular formula is C22H41N5O7. The van der Waals surface area contributed by atoms with Crippen molar-refractivity contribution in [3.8, 4) is 0 Å². The van der Waals surface area contributed by atoms with Crippen molar-refractivity contribution in [2.45, 2.75) is 78.6 Å². The topological polar surface area (TPSA) is 200 Å². The van der Waals surface area contributed by atoms with Gasteiger partial charge in [-0.3, -0.25) is 24.0 Å². The molecule has 0 aliphatic carbocycles. The third-order valence-corrected chi connectivity index (χ3v) is 5.38. The molecule has 0 fully saturated rings. The fourth-order valence-corrected chi connectivity index (χ4v) is 3.01. The number of aliphatic hydroxyl groups excluding tert-OH is 1. The van der Waals surface area contributed by atoms with Crippen LogP contribution in [0, 0.1) is 17.8 Å². The average molecular weight is 488 g/mol. The van der Waals surface area contributed by atoms with Crippen molar-refractivity contribution in [2.75, 3.05) is 13.2 Å². The normalized spacial score (nSPS) is 15.6. The molecule has 0 saturated heterocycles. The summed E-state index contributed by atoms with van der Waals surface area (Å²) in [6.45, 7) is 9.39. The van der Waals surface area contributed by atoms with Crippen molar-refractivity contribution in [1.82, 2.24) is 21.3 Å². The van der Waals surface area contributed by atoms with Gasteiger partial charge < -0.3 is 37.2 Å². The van der Waals surface area contributed by atoms with Gasteiger partial charge in [-0.05, 0) is 24.2 Å². The molecule has 0 heterocycles. The molecule has 0 radical (unpaired) electrons. The molecule has 0 saturated carbocycles. The quantitative estimate of drug-likeness (QED) is 0.148. The third kappa shape index (κ3) is 10.9. The van der Waals surface area contributed by atoms with E-state index >= 15 is 0 Å². The highest BCUT2D eigenvalue weighted by atomic mass is 16.4. The lowest BCUT2D eigenvalue weighted by molar-refractivity contribution is -0.138. The number of nitrogens with one attached hydrogen (secondary N) is 4. The first-order valence-electron chi connectivity index (χ1n) is 11.5. The van der Waals surface area contributed by atoms with Crippen LogP contribution in [0.5, 0.6) is 0 Å². The summed E-state index contributed by atoms with van der Waals surface area (Å²) in [5, 5.41) is 28.1. The van der Waals surface area contributed by atoms with E-state index in [1.165, 1.54) is 0 Å². The molecule has 4 amide bonds. The van der Waals surface area contributed by atoms with Crippen LogP contribution in [-0.2, 0) is 24.0 Å². The van der Waals surface area contributed by atoms with Gasteiger partial charge in [0.1, 0.15) is 24.7 Å². The van der Waals surface area contributed by atoms with E-state index in [1.54, 1.807) is 13.8 Å². The highest BCUT2D eigenvalue weighted by Gasteiger charge is 2.32. The van der Waals surface area contributed by atoms with E-state index in [0.717, 1.165) is 0 Å². The second kappa shape index (κ2) is 15.2. The summed E-state index contributed by atoms with van der Waals surface area (Å²) >= 11 is 0. The molecule has 34 heavy (non-hydrogen) atoms. The van der Waals surface area contributed by atoms with Crippen molar-refractivity contribution in [3.63, 3.8) is 0 Å². The van der Waals surface area contributed by atoms with Gasteiger partial charge in [-0.1, -0.05) is 48.0 Å². The van der Waals surface area contributed by atoms with Crippen LogP contribution in [0.4, 0.5) is 0 Å². The van der Waals surface area contributed by atoms with Gasteiger partial charge in [0.05, 0.1) is 12.6 Å². The maximum absolute atomic E-state index is 12.8. The molecular weight excluding hydrogens is 446 g/mol. The number of rotatable bonds is 15. The Morgan fingerprint density at radius 2 is 1.38 bits per heavy atom. The standard InChI is InChI=1S/C22H41N5O7/c1-7-13(6)17(23)21(33)27-18(12(4)5)22(34)26-15(10-28)20(32)25-14(8-11(2)3)19(31)24-9-16(29)30/h11-15,17-18,28H,7-10,23H2,1-6H3,(H,24,31)(H,25,32)(H,26,34)(H,27,33)(H,29,30)/t13-,14-,15-,17-,18-/m0/s1. The van der Waals surface area contributed by atoms with Crippen LogP contribution in [0.3, 0.4) is 0 Å². The zero-order chi connectivity index (χ0) is 26.6. The third-order valence-electron chi connectivity index (χ3n) is 5.38. The van der Waals surface area contributed by atoms with E-state index < -0.39 is 66.9 Å². The summed E-state index contributed by atoms with van der Waals surface area (Å²) in [7, 11) is 0. The molecule has 0 aromatic heterocycles. The second-order valence-corrected chi connectivity index (χ2v) is 9.19. The van der Waals surface area contributed by atoms with Crippen LogP contribution < -0.4 is 27.0 Å².